The van der Waals surface area contributed by atoms with Crippen molar-refractivity contribution in [1.29, 1.82) is 0 Å². The Morgan fingerprint density at radius 1 is 0.909 bits per heavy atom. The number of ether oxygens (including phenoxy) is 2. The van der Waals surface area contributed by atoms with Gasteiger partial charge in [-0.05, 0) is 122 Å². The number of carbonyl (C=O) groups excluding carboxylic acids is 2. The molecule has 5 aliphatic carbocycles. The molecule has 3 saturated carbocycles. The predicted molar refractivity (Wildman–Crippen MR) is 197 cm³/mol. The van der Waals surface area contributed by atoms with E-state index in [1.165, 1.54) is 24.4 Å². The van der Waals surface area contributed by atoms with Crippen LogP contribution in [0.1, 0.15) is 95.2 Å². The lowest BCUT2D eigenvalue weighted by Gasteiger charge is -2.64. The van der Waals surface area contributed by atoms with Gasteiger partial charge in [0.1, 0.15) is 29.5 Å². The largest absolute Gasteiger partial charge is 0.507 e. The number of benzene rings is 2. The number of aliphatic hydroxyl groups is 5. The van der Waals surface area contributed by atoms with Gasteiger partial charge in [-0.2, -0.15) is 0 Å². The first-order valence-corrected chi connectivity index (χ1v) is 19.7. The van der Waals surface area contributed by atoms with Crippen LogP contribution in [0.15, 0.2) is 53.8 Å². The Morgan fingerprint density at radius 2 is 1.75 bits per heavy atom. The Morgan fingerprint density at radius 3 is 2.58 bits per heavy atom. The molecule has 11 atom stereocenters. The number of nitrogens with one attached hydrogen (secondary N) is 1. The number of aromatic hydroxyl groups is 1. The number of phenols is 1. The molecule has 12 heteroatoms. The molecular formula is C43H44N2O10. The minimum Gasteiger partial charge on any atom is -0.507 e. The van der Waals surface area contributed by atoms with Gasteiger partial charge in [0.2, 0.25) is 5.78 Å². The first kappa shape index (κ1) is 34.1. The quantitative estimate of drug-likeness (QED) is 0.138. The summed E-state index contributed by atoms with van der Waals surface area (Å²) in [4.78, 5) is 33.7. The number of hydrogen-bond donors (Lipinski definition) is 7. The molecule has 12 rings (SSSR count). The number of aliphatic hydroxyl groups excluding tert-OH is 5. The number of fused-ring (bicyclic) bond motifs is 6. The third kappa shape index (κ3) is 4.10. The standard InChI is InChI=1S/C43H44N2O10/c1-19-13-25-30(28(47)14-19)34(49)32-29-16-23-22(31(32)33(25)48)7-12-44-38(23)45-17-21(46)15-24-26-5-4-20-3-2-8-40(20)10-11-41(26,18-40)39(53)43-27(24)6-9-42(54-29,55-43)36(51)35(50)37(43)52/h6-7,9,12-14,16,20-21,26,35-37,39,46-47,50-53H,2-5,8,10-11,15,17-18H2,1H3,(H,44,45). The summed E-state index contributed by atoms with van der Waals surface area (Å²) in [6.07, 6.45) is 4.39. The van der Waals surface area contributed by atoms with E-state index < -0.39 is 58.9 Å². The van der Waals surface area contributed by atoms with Crippen molar-refractivity contribution < 1.29 is 49.7 Å². The van der Waals surface area contributed by atoms with Crippen LogP contribution in [-0.4, -0.2) is 95.6 Å². The van der Waals surface area contributed by atoms with Crippen LogP contribution in [0.5, 0.6) is 11.5 Å². The molecule has 55 heavy (non-hydrogen) atoms. The molecule has 7 N–H and O–H groups in total. The van der Waals surface area contributed by atoms with Gasteiger partial charge in [0.25, 0.3) is 5.79 Å². The Bertz CT molecular complexity index is 2340. The molecule has 11 unspecified atom stereocenters. The van der Waals surface area contributed by atoms with Gasteiger partial charge in [0.05, 0.1) is 23.3 Å². The van der Waals surface area contributed by atoms with E-state index in [1.807, 2.05) is 0 Å². The molecule has 12 nitrogen and oxygen atoms in total. The van der Waals surface area contributed by atoms with Crippen molar-refractivity contribution in [3.05, 3.63) is 81.6 Å². The molecule has 286 valence electrons. The first-order chi connectivity index (χ1) is 26.3. The Kier molecular flexibility index (Phi) is 6.83. The van der Waals surface area contributed by atoms with Crippen molar-refractivity contribution in [2.45, 2.75) is 107 Å². The van der Waals surface area contributed by atoms with Gasteiger partial charge in [-0.15, -0.1) is 0 Å². The molecule has 8 bridgehead atoms. The average Bonchev–Trinajstić information content (AvgIpc) is 3.71. The third-order valence-electron chi connectivity index (χ3n) is 15.3. The Hall–Kier alpha value is -4.17. The van der Waals surface area contributed by atoms with E-state index >= 15 is 0 Å². The van der Waals surface area contributed by atoms with Crippen molar-refractivity contribution in [3.8, 4) is 11.5 Å². The fraction of sp³-hybridized carbons (Fsp3) is 0.512. The maximum atomic E-state index is 14.6. The fourth-order valence-corrected chi connectivity index (χ4v) is 13.0. The van der Waals surface area contributed by atoms with Crippen LogP contribution in [0, 0.1) is 29.6 Å². The highest BCUT2D eigenvalue weighted by Gasteiger charge is 2.75. The number of nitrogens with zero attached hydrogens (tertiary/aromatic N) is 1. The molecule has 3 aromatic rings. The zero-order chi connectivity index (χ0) is 38.0. The lowest BCUT2D eigenvalue weighted by atomic mass is 9.51. The van der Waals surface area contributed by atoms with Crippen LogP contribution in [0.4, 0.5) is 5.82 Å². The van der Waals surface area contributed by atoms with E-state index in [4.69, 9.17) is 9.47 Å². The van der Waals surface area contributed by atoms with E-state index in [2.05, 4.69) is 10.3 Å². The van der Waals surface area contributed by atoms with Gasteiger partial charge in [-0.3, -0.25) is 9.59 Å². The topological polar surface area (TPSA) is 199 Å². The summed E-state index contributed by atoms with van der Waals surface area (Å²) in [5.41, 5.74) is -1.16. The fourth-order valence-electron chi connectivity index (χ4n) is 13.0. The number of anilines is 1. The number of hydrogen-bond acceptors (Lipinski definition) is 12. The maximum absolute atomic E-state index is 14.6. The van der Waals surface area contributed by atoms with Gasteiger partial charge in [-0.25, -0.2) is 4.98 Å². The van der Waals surface area contributed by atoms with Crippen LogP contribution in [0.25, 0.3) is 10.8 Å². The summed E-state index contributed by atoms with van der Waals surface area (Å²) in [5, 5.41) is 76.1. The Balaban J connectivity index is 1.17. The van der Waals surface area contributed by atoms with Crippen LogP contribution < -0.4 is 10.1 Å². The molecule has 0 amide bonds. The zero-order valence-electron chi connectivity index (χ0n) is 30.4. The van der Waals surface area contributed by atoms with Crippen LogP contribution in [-0.2, 0) is 4.74 Å². The average molecular weight is 749 g/mol. The van der Waals surface area contributed by atoms with Crippen molar-refractivity contribution >= 4 is 28.2 Å². The van der Waals surface area contributed by atoms with Crippen molar-refractivity contribution in [2.75, 3.05) is 11.9 Å². The summed E-state index contributed by atoms with van der Waals surface area (Å²) in [6.45, 7) is 1.76. The molecule has 9 aliphatic rings. The van der Waals surface area contributed by atoms with E-state index in [1.54, 1.807) is 25.1 Å². The summed E-state index contributed by atoms with van der Waals surface area (Å²) in [6, 6.07) is 6.07. The second kappa shape index (κ2) is 11.0. The van der Waals surface area contributed by atoms with Gasteiger partial charge in [-0.1, -0.05) is 18.1 Å². The van der Waals surface area contributed by atoms with Crippen LogP contribution in [0.2, 0.25) is 0 Å². The molecular weight excluding hydrogens is 704 g/mol. The lowest BCUT2D eigenvalue weighted by Crippen LogP contribution is -2.79. The van der Waals surface area contributed by atoms with E-state index in [9.17, 15) is 40.2 Å². The molecule has 2 aromatic carbocycles. The predicted octanol–water partition coefficient (Wildman–Crippen LogP) is 3.74. The first-order valence-electron chi connectivity index (χ1n) is 19.7. The molecule has 4 aliphatic heterocycles. The minimum atomic E-state index is -2.27. The second-order valence-corrected chi connectivity index (χ2v) is 17.7. The van der Waals surface area contributed by atoms with Gasteiger partial charge < -0.3 is 45.4 Å². The summed E-state index contributed by atoms with van der Waals surface area (Å²) < 4.78 is 13.7. The van der Waals surface area contributed by atoms with E-state index in [0.29, 0.717) is 40.1 Å². The molecule has 0 radical (unpaired) electrons. The Labute approximate surface area is 316 Å². The molecule has 5 heterocycles. The maximum Gasteiger partial charge on any atom is 0.260 e. The highest BCUT2D eigenvalue weighted by Crippen LogP contribution is 2.72. The number of aryl methyl sites for hydroxylation is 1. The highest BCUT2D eigenvalue weighted by molar-refractivity contribution is 6.34. The summed E-state index contributed by atoms with van der Waals surface area (Å²) >= 11 is 0. The summed E-state index contributed by atoms with van der Waals surface area (Å²) in [7, 11) is 0. The monoisotopic (exact) mass is 748 g/mol. The lowest BCUT2D eigenvalue weighted by molar-refractivity contribution is -0.369. The molecule has 1 aromatic heterocycles. The molecule has 4 fully saturated rings. The van der Waals surface area contributed by atoms with Gasteiger partial charge in [0, 0.05) is 34.7 Å². The highest BCUT2D eigenvalue weighted by atomic mass is 16.7. The molecule has 1 saturated heterocycles. The van der Waals surface area contributed by atoms with E-state index in [0.717, 1.165) is 50.5 Å². The number of carbonyl (C=O) groups is 2. The van der Waals surface area contributed by atoms with E-state index in [-0.39, 0.29) is 58.1 Å². The van der Waals surface area contributed by atoms with Crippen molar-refractivity contribution in [3.63, 3.8) is 0 Å². The number of rotatable bonds is 0. The third-order valence-corrected chi connectivity index (χ3v) is 15.3. The second-order valence-electron chi connectivity index (χ2n) is 17.7. The van der Waals surface area contributed by atoms with Crippen LogP contribution >= 0.6 is 0 Å². The van der Waals surface area contributed by atoms with Crippen LogP contribution in [0.3, 0.4) is 0 Å². The zero-order valence-corrected chi connectivity index (χ0v) is 30.4. The van der Waals surface area contributed by atoms with Gasteiger partial charge in [0.15, 0.2) is 17.5 Å². The summed E-state index contributed by atoms with van der Waals surface area (Å²) in [5.74, 6) is -3.37. The van der Waals surface area contributed by atoms with Crippen molar-refractivity contribution in [1.82, 2.24) is 4.98 Å². The van der Waals surface area contributed by atoms with Gasteiger partial charge >= 0.3 is 0 Å². The number of aromatic nitrogens is 1. The SMILES string of the molecule is Cc1cc(O)c2c(c1)C(=O)c1c(c3cc4c(nccc14)NCC(O)CC1=C4C=CC5(O3)OC4(C(O)C(O)C5O)C(O)C34CCC5(CCCC5CCC13)C4)C2=O. The number of ketones is 2. The normalized spacial score (nSPS) is 40.9. The van der Waals surface area contributed by atoms with Crippen molar-refractivity contribution in [2.24, 2.45) is 22.7 Å². The number of phenolic OH excluding ortho intramolecular Hbond substituents is 1. The minimum absolute atomic E-state index is 0.00647. The smallest absolute Gasteiger partial charge is 0.260 e. The molecule has 4 spiro atoms. The number of pyridine rings is 1.